The molecule has 9 heteroatoms. The van der Waals surface area contributed by atoms with E-state index in [1.807, 2.05) is 71.9 Å². The molecule has 0 saturated heterocycles. The second-order valence-corrected chi connectivity index (χ2v) is 10.6. The molecule has 1 aliphatic carbocycles. The molecule has 1 amide bonds. The van der Waals surface area contributed by atoms with Crippen LogP contribution in [0.15, 0.2) is 65.7 Å². The Bertz CT molecular complexity index is 1720. The van der Waals surface area contributed by atoms with Crippen LogP contribution in [0.5, 0.6) is 0 Å². The van der Waals surface area contributed by atoms with Crippen molar-refractivity contribution >= 4 is 39.4 Å². The molecule has 1 N–H and O–H groups in total. The van der Waals surface area contributed by atoms with Gasteiger partial charge in [0.25, 0.3) is 5.91 Å². The van der Waals surface area contributed by atoms with E-state index in [9.17, 15) is 9.59 Å². The maximum Gasteiger partial charge on any atom is 0.333 e. The molecule has 0 aliphatic heterocycles. The van der Waals surface area contributed by atoms with Crippen molar-refractivity contribution in [1.82, 2.24) is 29.2 Å². The van der Waals surface area contributed by atoms with Crippen molar-refractivity contribution in [2.45, 2.75) is 45.2 Å². The minimum Gasteiger partial charge on any atom is -0.349 e. The van der Waals surface area contributed by atoms with Gasteiger partial charge in [0.15, 0.2) is 0 Å². The molecule has 3 heterocycles. The van der Waals surface area contributed by atoms with Crippen molar-refractivity contribution in [1.29, 1.82) is 0 Å². The van der Waals surface area contributed by atoms with Crippen LogP contribution in [0.2, 0.25) is 5.02 Å². The number of para-hydroxylation sites is 2. The van der Waals surface area contributed by atoms with Gasteiger partial charge in [-0.3, -0.25) is 23.6 Å². The van der Waals surface area contributed by atoms with Crippen molar-refractivity contribution in [3.63, 3.8) is 0 Å². The van der Waals surface area contributed by atoms with Crippen LogP contribution in [0.4, 0.5) is 0 Å². The Morgan fingerprint density at radius 2 is 1.79 bits per heavy atom. The van der Waals surface area contributed by atoms with Gasteiger partial charge in [0.05, 0.1) is 44.7 Å². The Hall–Kier alpha value is -3.91. The third kappa shape index (κ3) is 4.39. The van der Waals surface area contributed by atoms with Crippen LogP contribution in [0.25, 0.3) is 27.6 Å². The van der Waals surface area contributed by atoms with Gasteiger partial charge in [-0.1, -0.05) is 23.7 Å². The lowest BCUT2D eigenvalue weighted by Crippen LogP contribution is -2.39. The zero-order valence-electron chi connectivity index (χ0n) is 21.4. The zero-order chi connectivity index (χ0) is 26.4. The Morgan fingerprint density at radius 1 is 1.03 bits per heavy atom. The number of hydrogen-bond donors (Lipinski definition) is 1. The number of pyridine rings is 1. The third-order valence-electron chi connectivity index (χ3n) is 7.74. The maximum atomic E-state index is 13.8. The van der Waals surface area contributed by atoms with E-state index in [2.05, 4.69) is 15.4 Å². The van der Waals surface area contributed by atoms with Crippen molar-refractivity contribution < 1.29 is 4.79 Å². The van der Waals surface area contributed by atoms with Crippen molar-refractivity contribution in [3.8, 4) is 5.69 Å². The average Bonchev–Trinajstić information content (AvgIpc) is 3.42. The van der Waals surface area contributed by atoms with Crippen molar-refractivity contribution in [3.05, 3.63) is 87.7 Å². The van der Waals surface area contributed by atoms with Gasteiger partial charge in [-0.2, -0.15) is 5.10 Å². The number of rotatable bonds is 5. The van der Waals surface area contributed by atoms with Crippen molar-refractivity contribution in [2.24, 2.45) is 13.0 Å². The van der Waals surface area contributed by atoms with E-state index in [0.717, 1.165) is 53.3 Å². The molecule has 0 spiro atoms. The lowest BCUT2D eigenvalue weighted by atomic mass is 9.85. The molecule has 1 saturated carbocycles. The molecular weight excluding hydrogens is 500 g/mol. The van der Waals surface area contributed by atoms with Crippen LogP contribution < -0.4 is 11.0 Å². The van der Waals surface area contributed by atoms with Crippen molar-refractivity contribution in [2.75, 3.05) is 0 Å². The quantitative estimate of drug-likeness (QED) is 0.347. The number of halogens is 1. The molecule has 0 radical (unpaired) electrons. The molecule has 3 aromatic heterocycles. The number of fused-ring (bicyclic) bond motifs is 2. The minimum atomic E-state index is -0.133. The summed E-state index contributed by atoms with van der Waals surface area (Å²) in [7, 11) is 1.91. The predicted molar refractivity (Wildman–Crippen MR) is 149 cm³/mol. The first kappa shape index (κ1) is 24.4. The molecule has 1 fully saturated rings. The van der Waals surface area contributed by atoms with Crippen LogP contribution in [-0.2, 0) is 13.6 Å². The molecule has 0 bridgehead atoms. The van der Waals surface area contributed by atoms with E-state index < -0.39 is 0 Å². The smallest absolute Gasteiger partial charge is 0.333 e. The van der Waals surface area contributed by atoms with Gasteiger partial charge in [-0.15, -0.1) is 0 Å². The van der Waals surface area contributed by atoms with Crippen LogP contribution in [0.3, 0.4) is 0 Å². The van der Waals surface area contributed by atoms with Gasteiger partial charge in [0.2, 0.25) is 0 Å². The van der Waals surface area contributed by atoms with Crippen LogP contribution in [0.1, 0.15) is 41.7 Å². The summed E-state index contributed by atoms with van der Waals surface area (Å²) in [6, 6.07) is 15.7. The molecule has 1 aliphatic rings. The summed E-state index contributed by atoms with van der Waals surface area (Å²) in [5.41, 5.74) is 4.84. The highest BCUT2D eigenvalue weighted by Crippen LogP contribution is 2.28. The minimum absolute atomic E-state index is 0.0335. The number of carbonyl (C=O) groups is 1. The Labute approximate surface area is 224 Å². The van der Waals surface area contributed by atoms with Gasteiger partial charge in [0.1, 0.15) is 0 Å². The van der Waals surface area contributed by atoms with Gasteiger partial charge in [0, 0.05) is 31.2 Å². The largest absolute Gasteiger partial charge is 0.349 e. The topological polar surface area (TPSA) is 86.7 Å². The SMILES string of the molecule is Cc1ncc(Cl)cc1C(=O)N[C@H]1CC[C@H](Cn2c(=O)n(-c3ccc4c(cnn4C)c3)c3ccccc32)CC1. The Balaban J connectivity index is 1.20. The molecule has 2 aromatic carbocycles. The number of hydrogen-bond acceptors (Lipinski definition) is 4. The number of imidazole rings is 1. The van der Waals surface area contributed by atoms with E-state index in [0.29, 0.717) is 28.7 Å². The monoisotopic (exact) mass is 528 g/mol. The highest BCUT2D eigenvalue weighted by molar-refractivity contribution is 6.30. The number of aromatic nitrogens is 5. The molecule has 0 unspecified atom stereocenters. The second kappa shape index (κ2) is 9.76. The predicted octanol–water partition coefficient (Wildman–Crippen LogP) is 5.02. The summed E-state index contributed by atoms with van der Waals surface area (Å²) >= 11 is 6.05. The summed E-state index contributed by atoms with van der Waals surface area (Å²) in [5, 5.41) is 8.94. The standard InChI is InChI=1S/C29H29ClN6O2/c1-18-24(14-21(30)16-31-18)28(37)33-22-9-7-19(8-10-22)17-35-26-5-3-4-6-27(26)36(29(35)38)23-11-12-25-20(13-23)15-32-34(25)2/h3-6,11-16,19,22H,7-10,17H2,1-2H3,(H,33,37)/t19-,22-. The second-order valence-electron chi connectivity index (χ2n) is 10.2. The number of aryl methyl sites for hydroxylation is 2. The van der Waals surface area contributed by atoms with E-state index in [1.54, 1.807) is 16.8 Å². The highest BCUT2D eigenvalue weighted by atomic mass is 35.5. The molecule has 0 atom stereocenters. The number of nitrogens with one attached hydrogen (secondary N) is 1. The first-order valence-electron chi connectivity index (χ1n) is 12.9. The van der Waals surface area contributed by atoms with Crippen LogP contribution >= 0.6 is 11.6 Å². The van der Waals surface area contributed by atoms with Gasteiger partial charge < -0.3 is 5.32 Å². The summed E-state index contributed by atoms with van der Waals surface area (Å²) in [5.74, 6) is 0.223. The fourth-order valence-electron chi connectivity index (χ4n) is 5.67. The fourth-order valence-corrected chi connectivity index (χ4v) is 5.83. The van der Waals surface area contributed by atoms with E-state index in [4.69, 9.17) is 11.6 Å². The lowest BCUT2D eigenvalue weighted by Gasteiger charge is -2.29. The number of amides is 1. The molecule has 194 valence electrons. The summed E-state index contributed by atoms with van der Waals surface area (Å²) in [4.78, 5) is 30.8. The van der Waals surface area contributed by atoms with Crippen LogP contribution in [-0.4, -0.2) is 35.8 Å². The lowest BCUT2D eigenvalue weighted by molar-refractivity contribution is 0.0919. The normalized spacial score (nSPS) is 17.8. The van der Waals surface area contributed by atoms with Gasteiger partial charge >= 0.3 is 5.69 Å². The molecule has 8 nitrogen and oxygen atoms in total. The third-order valence-corrected chi connectivity index (χ3v) is 7.95. The van der Waals surface area contributed by atoms with Gasteiger partial charge in [-0.05, 0) is 74.9 Å². The fraction of sp³-hybridized carbons (Fsp3) is 0.310. The summed E-state index contributed by atoms with van der Waals surface area (Å²) in [6.45, 7) is 2.46. The van der Waals surface area contributed by atoms with Crippen LogP contribution in [0, 0.1) is 12.8 Å². The first-order chi connectivity index (χ1) is 18.4. The molecule has 38 heavy (non-hydrogen) atoms. The number of nitrogens with zero attached hydrogens (tertiary/aromatic N) is 5. The number of carbonyl (C=O) groups excluding carboxylic acids is 1. The van der Waals surface area contributed by atoms with Gasteiger partial charge in [-0.25, -0.2) is 4.79 Å². The summed E-state index contributed by atoms with van der Waals surface area (Å²) in [6.07, 6.45) is 6.99. The molecule has 6 rings (SSSR count). The summed E-state index contributed by atoms with van der Waals surface area (Å²) < 4.78 is 5.54. The molecule has 5 aromatic rings. The maximum absolute atomic E-state index is 13.8. The zero-order valence-corrected chi connectivity index (χ0v) is 22.2. The first-order valence-corrected chi connectivity index (χ1v) is 13.3. The van der Waals surface area contributed by atoms with E-state index >= 15 is 0 Å². The Kier molecular flexibility index (Phi) is 6.27. The van der Waals surface area contributed by atoms with E-state index in [1.165, 1.54) is 0 Å². The number of benzene rings is 2. The molecular formula is C29H29ClN6O2. The highest BCUT2D eigenvalue weighted by Gasteiger charge is 2.25. The Morgan fingerprint density at radius 3 is 2.58 bits per heavy atom. The average molecular weight is 529 g/mol. The van der Waals surface area contributed by atoms with E-state index in [-0.39, 0.29) is 17.6 Å².